The molecule has 2 bridgehead atoms. The molecule has 0 aromatic heterocycles. The van der Waals surface area contributed by atoms with E-state index in [0.29, 0.717) is 12.0 Å². The van der Waals surface area contributed by atoms with E-state index < -0.39 is 0 Å². The van der Waals surface area contributed by atoms with Crippen LogP contribution in [0.5, 0.6) is 0 Å². The summed E-state index contributed by atoms with van der Waals surface area (Å²) in [6, 6.07) is 5.89. The largest absolute Gasteiger partial charge is 0.303 e. The van der Waals surface area contributed by atoms with Gasteiger partial charge < -0.3 is 4.90 Å². The highest BCUT2D eigenvalue weighted by Gasteiger charge is 2.29. The van der Waals surface area contributed by atoms with E-state index in [0.717, 1.165) is 31.5 Å². The first-order chi connectivity index (χ1) is 9.70. The Balaban J connectivity index is 1.51. The summed E-state index contributed by atoms with van der Waals surface area (Å²) in [6.45, 7) is 3.14. The van der Waals surface area contributed by atoms with Crippen LogP contribution in [-0.4, -0.2) is 30.3 Å². The van der Waals surface area contributed by atoms with Crippen molar-refractivity contribution in [3.05, 3.63) is 35.6 Å². The molecule has 2 aliphatic rings. The number of carbonyl (C=O) groups is 1. The van der Waals surface area contributed by atoms with Crippen LogP contribution in [0.2, 0.25) is 0 Å². The molecule has 0 N–H and O–H groups in total. The van der Waals surface area contributed by atoms with Gasteiger partial charge in [0.05, 0.1) is 0 Å². The zero-order valence-corrected chi connectivity index (χ0v) is 11.9. The van der Waals surface area contributed by atoms with E-state index in [2.05, 4.69) is 4.90 Å². The summed E-state index contributed by atoms with van der Waals surface area (Å²) in [5, 5.41) is 0. The normalized spacial score (nSPS) is 26.4. The fraction of sp³-hybridized carbons (Fsp3) is 0.588. The summed E-state index contributed by atoms with van der Waals surface area (Å²) in [4.78, 5) is 14.5. The smallest absolute Gasteiger partial charge is 0.164 e. The fourth-order valence-corrected chi connectivity index (χ4v) is 3.67. The van der Waals surface area contributed by atoms with Gasteiger partial charge in [0.25, 0.3) is 0 Å². The number of likely N-dealkylation sites (tertiary alicyclic amines) is 1. The second kappa shape index (κ2) is 6.04. The molecule has 1 aromatic rings. The molecule has 0 amide bonds. The Kier molecular flexibility index (Phi) is 4.16. The van der Waals surface area contributed by atoms with E-state index in [9.17, 15) is 9.18 Å². The van der Waals surface area contributed by atoms with Crippen LogP contribution in [0.4, 0.5) is 4.39 Å². The average molecular weight is 275 g/mol. The van der Waals surface area contributed by atoms with Gasteiger partial charge in [-0.1, -0.05) is 6.42 Å². The molecule has 3 heteroatoms. The summed E-state index contributed by atoms with van der Waals surface area (Å²) in [7, 11) is 0. The monoisotopic (exact) mass is 275 g/mol. The predicted octanol–water partition coefficient (Wildman–Crippen LogP) is 3.52. The number of ketones is 1. The second-order valence-electron chi connectivity index (χ2n) is 6.31. The van der Waals surface area contributed by atoms with Gasteiger partial charge in [-0.15, -0.1) is 0 Å². The third kappa shape index (κ3) is 3.26. The number of nitrogens with zero attached hydrogens (tertiary/aromatic N) is 1. The summed E-state index contributed by atoms with van der Waals surface area (Å²) in [6.07, 6.45) is 6.01. The average Bonchev–Trinajstić information content (AvgIpc) is 2.78. The predicted molar refractivity (Wildman–Crippen MR) is 77.2 cm³/mol. The Bertz CT molecular complexity index is 470. The van der Waals surface area contributed by atoms with Crippen LogP contribution in [-0.2, 0) is 0 Å². The van der Waals surface area contributed by atoms with Crippen LogP contribution in [0.3, 0.4) is 0 Å². The van der Waals surface area contributed by atoms with Gasteiger partial charge in [-0.2, -0.15) is 0 Å². The van der Waals surface area contributed by atoms with Gasteiger partial charge in [-0.3, -0.25) is 4.79 Å². The van der Waals surface area contributed by atoms with Crippen molar-refractivity contribution in [3.8, 4) is 0 Å². The standard InChI is InChI=1S/C17H22FNO/c18-16-5-3-15(4-6-16)17(20)8-10-19-9-7-13-1-2-14(11-13)12-19/h3-6,13-14H,1-2,7-12H2. The minimum atomic E-state index is -0.287. The highest BCUT2D eigenvalue weighted by atomic mass is 19.1. The van der Waals surface area contributed by atoms with Gasteiger partial charge >= 0.3 is 0 Å². The van der Waals surface area contributed by atoms with Crippen molar-refractivity contribution < 1.29 is 9.18 Å². The van der Waals surface area contributed by atoms with E-state index in [1.807, 2.05) is 0 Å². The highest BCUT2D eigenvalue weighted by Crippen LogP contribution is 2.36. The molecule has 2 atom stereocenters. The van der Waals surface area contributed by atoms with Crippen molar-refractivity contribution in [1.82, 2.24) is 4.90 Å². The molecule has 1 saturated carbocycles. The van der Waals surface area contributed by atoms with Crippen molar-refractivity contribution in [3.63, 3.8) is 0 Å². The Hall–Kier alpha value is -1.22. The summed E-state index contributed by atoms with van der Waals surface area (Å²) in [5.41, 5.74) is 0.628. The number of hydrogen-bond donors (Lipinski definition) is 0. The van der Waals surface area contributed by atoms with Crippen LogP contribution in [0.1, 0.15) is 42.5 Å². The molecule has 2 fully saturated rings. The molecule has 0 radical (unpaired) electrons. The minimum absolute atomic E-state index is 0.124. The number of halogens is 1. The van der Waals surface area contributed by atoms with Crippen molar-refractivity contribution in [2.75, 3.05) is 19.6 Å². The molecule has 2 nitrogen and oxygen atoms in total. The van der Waals surface area contributed by atoms with Crippen molar-refractivity contribution in [2.24, 2.45) is 11.8 Å². The van der Waals surface area contributed by atoms with Crippen LogP contribution in [0.15, 0.2) is 24.3 Å². The molecule has 1 aliphatic carbocycles. The lowest BCUT2D eigenvalue weighted by Gasteiger charge is -2.24. The lowest BCUT2D eigenvalue weighted by molar-refractivity contribution is 0.0960. The Morgan fingerprint density at radius 3 is 2.70 bits per heavy atom. The van der Waals surface area contributed by atoms with Crippen LogP contribution >= 0.6 is 0 Å². The number of fused-ring (bicyclic) bond motifs is 2. The van der Waals surface area contributed by atoms with Crippen molar-refractivity contribution in [1.29, 1.82) is 0 Å². The molecule has 20 heavy (non-hydrogen) atoms. The molecule has 0 spiro atoms. The molecular formula is C17H22FNO. The zero-order chi connectivity index (χ0) is 13.9. The molecule has 1 aromatic carbocycles. The Morgan fingerprint density at radius 2 is 1.90 bits per heavy atom. The van der Waals surface area contributed by atoms with Gasteiger partial charge in [0.2, 0.25) is 0 Å². The van der Waals surface area contributed by atoms with E-state index in [1.54, 1.807) is 12.1 Å². The number of hydrogen-bond acceptors (Lipinski definition) is 2. The van der Waals surface area contributed by atoms with Crippen LogP contribution < -0.4 is 0 Å². The second-order valence-corrected chi connectivity index (χ2v) is 6.31. The Labute approximate surface area is 120 Å². The van der Waals surface area contributed by atoms with Crippen LogP contribution in [0.25, 0.3) is 0 Å². The summed E-state index contributed by atoms with van der Waals surface area (Å²) < 4.78 is 12.8. The molecule has 2 unspecified atom stereocenters. The first-order valence-electron chi connectivity index (χ1n) is 7.72. The van der Waals surface area contributed by atoms with E-state index in [4.69, 9.17) is 0 Å². The first-order valence-corrected chi connectivity index (χ1v) is 7.72. The molecule has 1 saturated heterocycles. The van der Waals surface area contributed by atoms with E-state index in [1.165, 1.54) is 37.8 Å². The summed E-state index contributed by atoms with van der Waals surface area (Å²) in [5.74, 6) is 1.62. The summed E-state index contributed by atoms with van der Waals surface area (Å²) >= 11 is 0. The van der Waals surface area contributed by atoms with Gasteiger partial charge in [0.15, 0.2) is 5.78 Å². The van der Waals surface area contributed by atoms with Gasteiger partial charge in [0.1, 0.15) is 5.82 Å². The maximum Gasteiger partial charge on any atom is 0.164 e. The molecule has 1 heterocycles. The van der Waals surface area contributed by atoms with Crippen molar-refractivity contribution >= 4 is 5.78 Å². The van der Waals surface area contributed by atoms with Crippen LogP contribution in [0, 0.1) is 17.7 Å². The van der Waals surface area contributed by atoms with E-state index in [-0.39, 0.29) is 11.6 Å². The number of benzene rings is 1. The lowest BCUT2D eigenvalue weighted by Crippen LogP contribution is -2.31. The first kappa shape index (κ1) is 13.7. The third-order valence-electron chi connectivity index (χ3n) is 4.84. The topological polar surface area (TPSA) is 20.3 Å². The maximum atomic E-state index is 12.8. The molecule has 3 rings (SSSR count). The van der Waals surface area contributed by atoms with Crippen molar-refractivity contribution in [2.45, 2.75) is 32.1 Å². The van der Waals surface area contributed by atoms with Gasteiger partial charge in [-0.05, 0) is 61.9 Å². The van der Waals surface area contributed by atoms with Gasteiger partial charge in [-0.25, -0.2) is 4.39 Å². The minimum Gasteiger partial charge on any atom is -0.303 e. The molecule has 1 aliphatic heterocycles. The third-order valence-corrected chi connectivity index (χ3v) is 4.84. The molecule has 108 valence electrons. The number of rotatable bonds is 4. The maximum absolute atomic E-state index is 12.8. The zero-order valence-electron chi connectivity index (χ0n) is 11.9. The molecular weight excluding hydrogens is 253 g/mol. The highest BCUT2D eigenvalue weighted by molar-refractivity contribution is 5.96. The fourth-order valence-electron chi connectivity index (χ4n) is 3.67. The lowest BCUT2D eigenvalue weighted by atomic mass is 10.0. The number of carbonyl (C=O) groups excluding carboxylic acids is 1. The van der Waals surface area contributed by atoms with Gasteiger partial charge in [0, 0.05) is 25.1 Å². The van der Waals surface area contributed by atoms with E-state index >= 15 is 0 Å². The SMILES string of the molecule is O=C(CCN1CCC2CCC(C2)C1)c1ccc(F)cc1. The number of Topliss-reactive ketones (excluding diaryl/α,β-unsaturated/α-hetero) is 1. The Morgan fingerprint density at radius 1 is 1.15 bits per heavy atom. The quantitative estimate of drug-likeness (QED) is 0.784.